The summed E-state index contributed by atoms with van der Waals surface area (Å²) in [4.78, 5) is 14.3. The molecule has 1 aliphatic carbocycles. The molecule has 2 aliphatic rings. The molecular weight excluding hydrogens is 307 g/mol. The van der Waals surface area contributed by atoms with Gasteiger partial charge in [0.05, 0.1) is 24.2 Å². The molecule has 3 rings (SSSR count). The molecule has 1 aliphatic heterocycles. The lowest BCUT2D eigenvalue weighted by Crippen LogP contribution is -2.51. The minimum atomic E-state index is -0.845. The lowest BCUT2D eigenvalue weighted by molar-refractivity contribution is -0.150. The van der Waals surface area contributed by atoms with Crippen molar-refractivity contribution in [2.75, 3.05) is 19.7 Å². The van der Waals surface area contributed by atoms with Gasteiger partial charge < -0.3 is 9.64 Å². The van der Waals surface area contributed by atoms with Gasteiger partial charge in [-0.25, -0.2) is 4.39 Å². The van der Waals surface area contributed by atoms with Gasteiger partial charge in [0.2, 0.25) is 5.91 Å². The fraction of sp³-hybridized carbons (Fsp3) is 0.500. The van der Waals surface area contributed by atoms with E-state index in [4.69, 9.17) is 16.3 Å². The highest BCUT2D eigenvalue weighted by Crippen LogP contribution is 2.42. The molecule has 1 atom stereocenters. The van der Waals surface area contributed by atoms with Crippen molar-refractivity contribution >= 4 is 17.5 Å². The zero-order chi connectivity index (χ0) is 15.7. The highest BCUT2D eigenvalue weighted by molar-refractivity contribution is 6.30. The minimum absolute atomic E-state index is 0.0389. The number of carbonyl (C=O) groups is 1. The normalized spacial score (nSPS) is 23.5. The topological polar surface area (TPSA) is 53.3 Å². The average Bonchev–Trinajstić information content (AvgIpc) is 2.49. The SMILES string of the molecule is N#CC1(C(=O)N2CCO[C@H](c3ccc(F)c(Cl)c3)C2)CCC1. The Hall–Kier alpha value is -1.64. The second-order valence-corrected chi connectivity index (χ2v) is 6.24. The number of hydrogen-bond donors (Lipinski definition) is 0. The van der Waals surface area contributed by atoms with Crippen molar-refractivity contribution in [1.29, 1.82) is 5.26 Å². The van der Waals surface area contributed by atoms with Crippen molar-refractivity contribution in [3.05, 3.63) is 34.6 Å². The first-order valence-electron chi connectivity index (χ1n) is 7.33. The van der Waals surface area contributed by atoms with Crippen LogP contribution in [0.5, 0.6) is 0 Å². The van der Waals surface area contributed by atoms with Crippen molar-refractivity contribution in [3.63, 3.8) is 0 Å². The molecule has 1 saturated heterocycles. The standard InChI is InChI=1S/C16H16ClFN2O2/c17-12-8-11(2-3-13(12)18)14-9-20(6-7-22-14)15(21)16(10-19)4-1-5-16/h2-3,8,14H,1,4-7,9H2/t14-/m0/s1. The Morgan fingerprint density at radius 1 is 1.50 bits per heavy atom. The molecule has 4 nitrogen and oxygen atoms in total. The molecule has 0 bridgehead atoms. The van der Waals surface area contributed by atoms with E-state index in [-0.39, 0.29) is 17.0 Å². The Kier molecular flexibility index (Phi) is 4.07. The van der Waals surface area contributed by atoms with Gasteiger partial charge in [-0.3, -0.25) is 4.79 Å². The first-order chi connectivity index (χ1) is 10.6. The van der Waals surface area contributed by atoms with Crippen LogP contribution in [0, 0.1) is 22.6 Å². The van der Waals surface area contributed by atoms with Gasteiger partial charge in [0.15, 0.2) is 0 Å². The number of nitriles is 1. The highest BCUT2D eigenvalue weighted by atomic mass is 35.5. The van der Waals surface area contributed by atoms with Crippen LogP contribution in [0.15, 0.2) is 18.2 Å². The summed E-state index contributed by atoms with van der Waals surface area (Å²) < 4.78 is 18.9. The number of morpholine rings is 1. The lowest BCUT2D eigenvalue weighted by Gasteiger charge is -2.41. The van der Waals surface area contributed by atoms with E-state index in [0.717, 1.165) is 12.0 Å². The Morgan fingerprint density at radius 2 is 2.27 bits per heavy atom. The maximum Gasteiger partial charge on any atom is 0.243 e. The van der Waals surface area contributed by atoms with E-state index < -0.39 is 11.2 Å². The molecule has 1 heterocycles. The van der Waals surface area contributed by atoms with Crippen LogP contribution >= 0.6 is 11.6 Å². The molecule has 0 N–H and O–H groups in total. The zero-order valence-corrected chi connectivity index (χ0v) is 12.8. The van der Waals surface area contributed by atoms with Gasteiger partial charge in [-0.05, 0) is 37.0 Å². The molecule has 1 saturated carbocycles. The highest BCUT2D eigenvalue weighted by Gasteiger charge is 2.47. The third-order valence-electron chi connectivity index (χ3n) is 4.50. The zero-order valence-electron chi connectivity index (χ0n) is 12.0. The molecule has 1 aromatic carbocycles. The molecule has 116 valence electrons. The largest absolute Gasteiger partial charge is 0.370 e. The molecule has 22 heavy (non-hydrogen) atoms. The summed E-state index contributed by atoms with van der Waals surface area (Å²) in [6, 6.07) is 6.62. The van der Waals surface area contributed by atoms with Crippen LogP contribution in [0.1, 0.15) is 30.9 Å². The molecule has 6 heteroatoms. The summed E-state index contributed by atoms with van der Waals surface area (Å²) in [5.41, 5.74) is -0.106. The third-order valence-corrected chi connectivity index (χ3v) is 4.79. The fourth-order valence-corrected chi connectivity index (χ4v) is 3.14. The van der Waals surface area contributed by atoms with Crippen molar-refractivity contribution in [2.45, 2.75) is 25.4 Å². The number of hydrogen-bond acceptors (Lipinski definition) is 3. The monoisotopic (exact) mass is 322 g/mol. The first kappa shape index (κ1) is 15.3. The van der Waals surface area contributed by atoms with E-state index in [2.05, 4.69) is 6.07 Å². The Labute approximate surface area is 133 Å². The molecule has 2 fully saturated rings. The van der Waals surface area contributed by atoms with Gasteiger partial charge in [-0.1, -0.05) is 17.7 Å². The van der Waals surface area contributed by atoms with Gasteiger partial charge in [0, 0.05) is 6.54 Å². The maximum atomic E-state index is 13.3. The Morgan fingerprint density at radius 3 is 2.86 bits per heavy atom. The van der Waals surface area contributed by atoms with Gasteiger partial charge >= 0.3 is 0 Å². The molecule has 0 unspecified atom stereocenters. The van der Waals surface area contributed by atoms with Crippen LogP contribution in [0.4, 0.5) is 4.39 Å². The number of carbonyl (C=O) groups excluding carboxylic acids is 1. The maximum absolute atomic E-state index is 13.3. The van der Waals surface area contributed by atoms with Crippen LogP contribution in [0.3, 0.4) is 0 Å². The first-order valence-corrected chi connectivity index (χ1v) is 7.71. The van der Waals surface area contributed by atoms with E-state index in [0.29, 0.717) is 32.5 Å². The van der Waals surface area contributed by atoms with Crippen molar-refractivity contribution in [3.8, 4) is 6.07 Å². The van der Waals surface area contributed by atoms with E-state index in [9.17, 15) is 14.4 Å². The van der Waals surface area contributed by atoms with Crippen LogP contribution in [0.25, 0.3) is 0 Å². The number of ether oxygens (including phenoxy) is 1. The summed E-state index contributed by atoms with van der Waals surface area (Å²) >= 11 is 5.80. The van der Waals surface area contributed by atoms with Crippen molar-refractivity contribution < 1.29 is 13.9 Å². The van der Waals surface area contributed by atoms with Gasteiger partial charge in [0.1, 0.15) is 17.3 Å². The van der Waals surface area contributed by atoms with Crippen molar-refractivity contribution in [1.82, 2.24) is 4.90 Å². The number of amides is 1. The molecule has 0 radical (unpaired) electrons. The predicted molar refractivity (Wildman–Crippen MR) is 78.6 cm³/mol. The Bertz CT molecular complexity index is 640. The summed E-state index contributed by atoms with van der Waals surface area (Å²) in [5, 5.41) is 9.34. The summed E-state index contributed by atoms with van der Waals surface area (Å²) in [6.07, 6.45) is 1.84. The van der Waals surface area contributed by atoms with Gasteiger partial charge in [0.25, 0.3) is 0 Å². The summed E-state index contributed by atoms with van der Waals surface area (Å²) in [6.45, 7) is 1.24. The quantitative estimate of drug-likeness (QED) is 0.841. The number of nitrogens with zero attached hydrogens (tertiary/aromatic N) is 2. The molecule has 1 aromatic rings. The molecule has 0 aromatic heterocycles. The number of rotatable bonds is 2. The molecule has 0 spiro atoms. The predicted octanol–water partition coefficient (Wildman–Crippen LogP) is 3.07. The number of halogens is 2. The summed E-state index contributed by atoms with van der Waals surface area (Å²) in [5.74, 6) is -0.588. The lowest BCUT2D eigenvalue weighted by atomic mass is 9.69. The molecular formula is C16H16ClFN2O2. The van der Waals surface area contributed by atoms with E-state index in [1.165, 1.54) is 12.1 Å². The van der Waals surface area contributed by atoms with Crippen LogP contribution in [-0.4, -0.2) is 30.5 Å². The third kappa shape index (κ3) is 2.57. The average molecular weight is 323 g/mol. The van der Waals surface area contributed by atoms with E-state index >= 15 is 0 Å². The second kappa shape index (κ2) is 5.86. The van der Waals surface area contributed by atoms with Crippen molar-refractivity contribution in [2.24, 2.45) is 5.41 Å². The summed E-state index contributed by atoms with van der Waals surface area (Å²) in [7, 11) is 0. The van der Waals surface area contributed by atoms with Gasteiger partial charge in [-0.2, -0.15) is 5.26 Å². The fourth-order valence-electron chi connectivity index (χ4n) is 2.95. The van der Waals surface area contributed by atoms with E-state index in [1.807, 2.05) is 0 Å². The Balaban J connectivity index is 1.75. The second-order valence-electron chi connectivity index (χ2n) is 5.83. The number of benzene rings is 1. The van der Waals surface area contributed by atoms with E-state index in [1.54, 1.807) is 11.0 Å². The molecule has 1 amide bonds. The van der Waals surface area contributed by atoms with Crippen LogP contribution in [-0.2, 0) is 9.53 Å². The smallest absolute Gasteiger partial charge is 0.243 e. The van der Waals surface area contributed by atoms with Crippen LogP contribution < -0.4 is 0 Å². The minimum Gasteiger partial charge on any atom is -0.370 e. The van der Waals surface area contributed by atoms with Gasteiger partial charge in [-0.15, -0.1) is 0 Å². The van der Waals surface area contributed by atoms with Crippen LogP contribution in [0.2, 0.25) is 5.02 Å².